The van der Waals surface area contributed by atoms with Gasteiger partial charge < -0.3 is 15.0 Å². The first kappa shape index (κ1) is 26.9. The number of halogens is 1. The molecule has 4 heterocycles. The summed E-state index contributed by atoms with van der Waals surface area (Å²) in [6.07, 6.45) is 6.60. The lowest BCUT2D eigenvalue weighted by Crippen LogP contribution is -2.25. The molecule has 11 nitrogen and oxygen atoms in total. The molecular formula is C28H29FN8O3. The molecular weight excluding hydrogens is 515 g/mol. The molecule has 0 spiro atoms. The van der Waals surface area contributed by atoms with Crippen molar-refractivity contribution >= 4 is 22.3 Å². The van der Waals surface area contributed by atoms with Crippen LogP contribution in [0, 0.1) is 5.82 Å². The fourth-order valence-corrected chi connectivity index (χ4v) is 4.51. The van der Waals surface area contributed by atoms with Crippen LogP contribution in [0.4, 0.5) is 15.9 Å². The van der Waals surface area contributed by atoms with Crippen molar-refractivity contribution in [2.24, 2.45) is 7.05 Å². The van der Waals surface area contributed by atoms with Gasteiger partial charge in [-0.25, -0.2) is 14.4 Å². The van der Waals surface area contributed by atoms with Crippen molar-refractivity contribution in [2.45, 2.75) is 46.1 Å². The highest BCUT2D eigenvalue weighted by Crippen LogP contribution is 2.29. The van der Waals surface area contributed by atoms with Gasteiger partial charge in [-0.1, -0.05) is 27.7 Å². The van der Waals surface area contributed by atoms with Crippen molar-refractivity contribution in [3.63, 3.8) is 0 Å². The van der Waals surface area contributed by atoms with Gasteiger partial charge in [-0.05, 0) is 35.6 Å². The van der Waals surface area contributed by atoms with Gasteiger partial charge in [0.05, 0.1) is 41.5 Å². The van der Waals surface area contributed by atoms with Crippen molar-refractivity contribution in [2.75, 3.05) is 5.32 Å². The Morgan fingerprint density at radius 1 is 1.15 bits per heavy atom. The minimum atomic E-state index is -0.711. The third-order valence-electron chi connectivity index (χ3n) is 6.77. The Labute approximate surface area is 228 Å². The van der Waals surface area contributed by atoms with Gasteiger partial charge in [-0.3, -0.25) is 14.7 Å². The highest BCUT2D eigenvalue weighted by molar-refractivity contribution is 5.82. The smallest absolute Gasteiger partial charge is 0.293 e. The number of hydrogen-bond acceptors (Lipinski definition) is 8. The number of rotatable bonds is 6. The van der Waals surface area contributed by atoms with Crippen LogP contribution < -0.4 is 16.4 Å². The van der Waals surface area contributed by atoms with Crippen molar-refractivity contribution in [3.05, 3.63) is 86.3 Å². The summed E-state index contributed by atoms with van der Waals surface area (Å²) in [4.78, 5) is 35.2. The zero-order chi connectivity index (χ0) is 28.8. The molecule has 0 unspecified atom stereocenters. The summed E-state index contributed by atoms with van der Waals surface area (Å²) >= 11 is 0. The van der Waals surface area contributed by atoms with Gasteiger partial charge >= 0.3 is 0 Å². The maximum absolute atomic E-state index is 15.2. The van der Waals surface area contributed by atoms with Crippen LogP contribution >= 0.6 is 0 Å². The van der Waals surface area contributed by atoms with Crippen LogP contribution in [0.1, 0.15) is 44.5 Å². The van der Waals surface area contributed by atoms with Crippen LogP contribution in [0.5, 0.6) is 0 Å². The highest BCUT2D eigenvalue weighted by Gasteiger charge is 2.22. The molecule has 1 aromatic carbocycles. The number of nitrogens with one attached hydrogen (secondary N) is 2. The summed E-state index contributed by atoms with van der Waals surface area (Å²) in [5.41, 5.74) is 1.75. The number of pyridine rings is 1. The van der Waals surface area contributed by atoms with E-state index in [9.17, 15) is 14.7 Å². The molecule has 5 rings (SSSR count). The van der Waals surface area contributed by atoms with Crippen LogP contribution in [0.3, 0.4) is 0 Å². The van der Waals surface area contributed by atoms with E-state index in [0.717, 1.165) is 15.9 Å². The number of fused-ring (bicyclic) bond motifs is 1. The van der Waals surface area contributed by atoms with E-state index in [1.165, 1.54) is 29.2 Å². The molecule has 0 bridgehead atoms. The highest BCUT2D eigenvalue weighted by atomic mass is 19.1. The van der Waals surface area contributed by atoms with Gasteiger partial charge in [-0.2, -0.15) is 14.9 Å². The molecule has 5 aromatic rings. The number of hydrogen-bond donors (Lipinski definition) is 3. The summed E-state index contributed by atoms with van der Waals surface area (Å²) in [5.74, 6) is -0.582. The minimum Gasteiger partial charge on any atom is -0.392 e. The lowest BCUT2D eigenvalue weighted by atomic mass is 9.86. The number of aryl methyl sites for hydroxylation is 2. The lowest BCUT2D eigenvalue weighted by Gasteiger charge is -2.20. The molecule has 206 valence electrons. The SMILES string of the molecule is CCc1[nH]ncc1Nc1nc(-c2ccnc(-n3ncc4cc(C(C)(C)C)cc(F)c4c3=O)c2CO)cn(C)c1=O. The molecule has 0 radical (unpaired) electrons. The Balaban J connectivity index is 1.66. The summed E-state index contributed by atoms with van der Waals surface area (Å²) in [6.45, 7) is 7.29. The maximum Gasteiger partial charge on any atom is 0.293 e. The summed E-state index contributed by atoms with van der Waals surface area (Å²) in [7, 11) is 1.58. The number of nitrogens with zero attached hydrogens (tertiary/aromatic N) is 6. The third kappa shape index (κ3) is 4.66. The molecule has 0 aliphatic rings. The Bertz CT molecular complexity index is 1870. The van der Waals surface area contributed by atoms with E-state index in [1.54, 1.807) is 25.4 Å². The minimum absolute atomic E-state index is 0.0273. The molecule has 0 saturated carbocycles. The number of aliphatic hydroxyl groups excluding tert-OH is 1. The van der Waals surface area contributed by atoms with Crippen LogP contribution in [0.15, 0.2) is 52.6 Å². The average molecular weight is 545 g/mol. The Kier molecular flexibility index (Phi) is 6.80. The van der Waals surface area contributed by atoms with Crippen LogP contribution in [0.2, 0.25) is 0 Å². The standard InChI is InChI=1S/C28H29FN8O3/c1-6-20-21(12-31-35-20)33-24-27(40)36(5)13-22(34-24)17-7-8-30-25(18(17)14-38)37-26(39)23-15(11-32-37)9-16(10-19(23)29)28(2,3)4/h7-13,38H,6,14H2,1-5H3,(H,31,35)(H,33,34). The van der Waals surface area contributed by atoms with Crippen molar-refractivity contribution < 1.29 is 9.50 Å². The largest absolute Gasteiger partial charge is 0.392 e. The fraction of sp³-hybridized carbons (Fsp3) is 0.286. The number of aromatic nitrogens is 7. The molecule has 0 atom stereocenters. The summed E-state index contributed by atoms with van der Waals surface area (Å²) in [6, 6.07) is 4.72. The van der Waals surface area contributed by atoms with E-state index in [1.807, 2.05) is 27.7 Å². The second kappa shape index (κ2) is 10.1. The molecule has 0 amide bonds. The topological polar surface area (TPSA) is 144 Å². The summed E-state index contributed by atoms with van der Waals surface area (Å²) in [5, 5.41) is 24.8. The molecule has 4 aromatic heterocycles. The molecule has 3 N–H and O–H groups in total. The summed E-state index contributed by atoms with van der Waals surface area (Å²) < 4.78 is 17.6. The monoisotopic (exact) mass is 544 g/mol. The first-order valence-corrected chi connectivity index (χ1v) is 12.7. The van der Waals surface area contributed by atoms with Crippen LogP contribution in [-0.2, 0) is 25.5 Å². The third-order valence-corrected chi connectivity index (χ3v) is 6.77. The average Bonchev–Trinajstić information content (AvgIpc) is 3.37. The van der Waals surface area contributed by atoms with Gasteiger partial charge in [0.15, 0.2) is 11.6 Å². The molecule has 0 saturated heterocycles. The van der Waals surface area contributed by atoms with E-state index in [-0.39, 0.29) is 33.6 Å². The predicted octanol–water partition coefficient (Wildman–Crippen LogP) is 3.50. The Hall–Kier alpha value is -4.71. The van der Waals surface area contributed by atoms with E-state index in [4.69, 9.17) is 0 Å². The zero-order valence-electron chi connectivity index (χ0n) is 22.8. The Morgan fingerprint density at radius 2 is 1.93 bits per heavy atom. The van der Waals surface area contributed by atoms with E-state index in [2.05, 4.69) is 30.6 Å². The van der Waals surface area contributed by atoms with E-state index in [0.29, 0.717) is 28.8 Å². The molecule has 0 aliphatic carbocycles. The lowest BCUT2D eigenvalue weighted by molar-refractivity contribution is 0.281. The quantitative estimate of drug-likeness (QED) is 0.295. The van der Waals surface area contributed by atoms with Gasteiger partial charge in [0.1, 0.15) is 5.82 Å². The number of benzene rings is 1. The first-order valence-electron chi connectivity index (χ1n) is 12.7. The van der Waals surface area contributed by atoms with Gasteiger partial charge in [-0.15, -0.1) is 0 Å². The zero-order valence-corrected chi connectivity index (χ0v) is 22.8. The predicted molar refractivity (Wildman–Crippen MR) is 149 cm³/mol. The number of aliphatic hydroxyl groups is 1. The van der Waals surface area contributed by atoms with Crippen molar-refractivity contribution in [3.8, 4) is 17.1 Å². The van der Waals surface area contributed by atoms with Gasteiger partial charge in [0.25, 0.3) is 11.1 Å². The molecule has 12 heteroatoms. The Morgan fingerprint density at radius 3 is 2.62 bits per heavy atom. The van der Waals surface area contributed by atoms with Crippen molar-refractivity contribution in [1.82, 2.24) is 34.5 Å². The molecule has 40 heavy (non-hydrogen) atoms. The van der Waals surface area contributed by atoms with Crippen LogP contribution in [-0.4, -0.2) is 39.6 Å². The maximum atomic E-state index is 15.2. The molecule has 0 fully saturated rings. The number of anilines is 2. The van der Waals surface area contributed by atoms with Crippen LogP contribution in [0.25, 0.3) is 27.8 Å². The normalized spacial score (nSPS) is 11.8. The van der Waals surface area contributed by atoms with Gasteiger partial charge in [0.2, 0.25) is 0 Å². The van der Waals surface area contributed by atoms with E-state index >= 15 is 4.39 Å². The second-order valence-corrected chi connectivity index (χ2v) is 10.5. The van der Waals surface area contributed by atoms with E-state index < -0.39 is 18.0 Å². The number of H-pyrrole nitrogens is 1. The molecule has 0 aliphatic heterocycles. The van der Waals surface area contributed by atoms with Crippen molar-refractivity contribution in [1.29, 1.82) is 0 Å². The number of aromatic amines is 1. The fourth-order valence-electron chi connectivity index (χ4n) is 4.51. The second-order valence-electron chi connectivity index (χ2n) is 10.5. The van der Waals surface area contributed by atoms with Gasteiger partial charge in [0, 0.05) is 36.0 Å². The first-order chi connectivity index (χ1) is 19.0.